The molecule has 26 heavy (non-hydrogen) atoms. The van der Waals surface area contributed by atoms with E-state index in [1.165, 1.54) is 12.1 Å². The Morgan fingerprint density at radius 1 is 1.19 bits per heavy atom. The van der Waals surface area contributed by atoms with Crippen molar-refractivity contribution in [1.29, 1.82) is 5.26 Å². The van der Waals surface area contributed by atoms with Crippen molar-refractivity contribution < 1.29 is 4.39 Å². The molecule has 0 bridgehead atoms. The van der Waals surface area contributed by atoms with E-state index < -0.39 is 0 Å². The lowest BCUT2D eigenvalue weighted by atomic mass is 10.2. The highest BCUT2D eigenvalue weighted by atomic mass is 19.1. The number of rotatable bonds is 3. The van der Waals surface area contributed by atoms with E-state index in [2.05, 4.69) is 16.0 Å². The lowest BCUT2D eigenvalue weighted by molar-refractivity contribution is 0.627. The number of imidazole rings is 1. The minimum atomic E-state index is -0.284. The molecule has 0 aliphatic rings. The molecular formula is C21H15FN4. The molecule has 2 aromatic heterocycles. The van der Waals surface area contributed by atoms with Crippen molar-refractivity contribution in [3.63, 3.8) is 0 Å². The van der Waals surface area contributed by atoms with Crippen LogP contribution in [0.2, 0.25) is 0 Å². The summed E-state index contributed by atoms with van der Waals surface area (Å²) in [5.41, 5.74) is 4.90. The fourth-order valence-corrected chi connectivity index (χ4v) is 2.90. The van der Waals surface area contributed by atoms with Crippen LogP contribution in [0.4, 0.5) is 4.39 Å². The number of benzene rings is 2. The van der Waals surface area contributed by atoms with Crippen molar-refractivity contribution in [2.75, 3.05) is 0 Å². The summed E-state index contributed by atoms with van der Waals surface area (Å²) in [7, 11) is 0. The minimum absolute atomic E-state index is 0.284. The fourth-order valence-electron chi connectivity index (χ4n) is 2.90. The molecule has 0 unspecified atom stereocenters. The predicted octanol–water partition coefficient (Wildman–Crippen LogP) is 4.87. The third-order valence-electron chi connectivity index (χ3n) is 4.19. The van der Waals surface area contributed by atoms with Crippen LogP contribution in [0.1, 0.15) is 17.1 Å². The molecule has 4 aromatic rings. The normalized spacial score (nSPS) is 11.7. The van der Waals surface area contributed by atoms with E-state index in [4.69, 9.17) is 0 Å². The number of hydrogen-bond donors (Lipinski definition) is 1. The number of nitrogens with one attached hydrogen (secondary N) is 1. The second kappa shape index (κ2) is 6.34. The highest BCUT2D eigenvalue weighted by Crippen LogP contribution is 2.22. The zero-order valence-electron chi connectivity index (χ0n) is 14.1. The Balaban J connectivity index is 1.77. The highest BCUT2D eigenvalue weighted by Gasteiger charge is 2.10. The summed E-state index contributed by atoms with van der Waals surface area (Å²) in [6, 6.07) is 18.1. The van der Waals surface area contributed by atoms with Gasteiger partial charge in [0.05, 0.1) is 16.6 Å². The molecule has 0 fully saturated rings. The standard InChI is InChI=1S/C21H15FN4/c1-14-4-9-19-20(11-14)25-21(24-19)15(13-23)12-18-3-2-10-26(18)17-7-5-16(22)6-8-17/h2-12H,1H3,(H,24,25)/b15-12-. The zero-order valence-corrected chi connectivity index (χ0v) is 14.1. The van der Waals surface area contributed by atoms with E-state index in [0.29, 0.717) is 11.4 Å². The van der Waals surface area contributed by atoms with Crippen LogP contribution < -0.4 is 0 Å². The number of fused-ring (bicyclic) bond motifs is 1. The van der Waals surface area contributed by atoms with Crippen LogP contribution in [0.5, 0.6) is 0 Å². The average molecular weight is 342 g/mol. The summed E-state index contributed by atoms with van der Waals surface area (Å²) >= 11 is 0. The summed E-state index contributed by atoms with van der Waals surface area (Å²) < 4.78 is 15.1. The van der Waals surface area contributed by atoms with Gasteiger partial charge in [-0.3, -0.25) is 0 Å². The average Bonchev–Trinajstić information content (AvgIpc) is 3.26. The summed E-state index contributed by atoms with van der Waals surface area (Å²) in [5, 5.41) is 9.62. The van der Waals surface area contributed by atoms with Gasteiger partial charge in [0.1, 0.15) is 17.7 Å². The molecule has 0 radical (unpaired) electrons. The Hall–Kier alpha value is -3.65. The van der Waals surface area contributed by atoms with Gasteiger partial charge in [0.2, 0.25) is 0 Å². The molecule has 126 valence electrons. The largest absolute Gasteiger partial charge is 0.337 e. The first kappa shape index (κ1) is 15.9. The van der Waals surface area contributed by atoms with Gasteiger partial charge in [-0.15, -0.1) is 0 Å². The fraction of sp³-hybridized carbons (Fsp3) is 0.0476. The summed E-state index contributed by atoms with van der Waals surface area (Å²) in [5.74, 6) is 0.244. The van der Waals surface area contributed by atoms with Gasteiger partial charge in [0.25, 0.3) is 0 Å². The number of aromatic nitrogens is 3. The molecule has 0 saturated carbocycles. The smallest absolute Gasteiger partial charge is 0.149 e. The van der Waals surface area contributed by atoms with Crippen LogP contribution in [0.3, 0.4) is 0 Å². The SMILES string of the molecule is Cc1ccc2nc(/C(C#N)=C\c3cccn3-c3ccc(F)cc3)[nH]c2c1. The van der Waals surface area contributed by atoms with Crippen LogP contribution in [0.25, 0.3) is 28.4 Å². The molecule has 5 heteroatoms. The van der Waals surface area contributed by atoms with Gasteiger partial charge in [0, 0.05) is 17.6 Å². The molecule has 1 N–H and O–H groups in total. The van der Waals surface area contributed by atoms with E-state index in [1.54, 1.807) is 18.2 Å². The van der Waals surface area contributed by atoms with Gasteiger partial charge >= 0.3 is 0 Å². The lowest BCUT2D eigenvalue weighted by Gasteiger charge is -2.06. The van der Waals surface area contributed by atoms with Crippen molar-refractivity contribution in [3.8, 4) is 11.8 Å². The molecule has 0 aliphatic carbocycles. The first-order valence-electron chi connectivity index (χ1n) is 8.16. The second-order valence-electron chi connectivity index (χ2n) is 6.06. The van der Waals surface area contributed by atoms with E-state index >= 15 is 0 Å². The second-order valence-corrected chi connectivity index (χ2v) is 6.06. The van der Waals surface area contributed by atoms with Crippen LogP contribution in [0, 0.1) is 24.1 Å². The number of aryl methyl sites for hydroxylation is 1. The number of allylic oxidation sites excluding steroid dienone is 1. The third kappa shape index (κ3) is 2.89. The third-order valence-corrected chi connectivity index (χ3v) is 4.19. The Morgan fingerprint density at radius 3 is 2.77 bits per heavy atom. The Labute approximate surface area is 149 Å². The number of nitrogens with zero attached hydrogens (tertiary/aromatic N) is 3. The van der Waals surface area contributed by atoms with E-state index in [-0.39, 0.29) is 5.82 Å². The van der Waals surface area contributed by atoms with Gasteiger partial charge in [0.15, 0.2) is 0 Å². The molecule has 2 heterocycles. The maximum atomic E-state index is 13.2. The molecule has 0 aliphatic heterocycles. The van der Waals surface area contributed by atoms with Gasteiger partial charge < -0.3 is 9.55 Å². The van der Waals surface area contributed by atoms with E-state index in [9.17, 15) is 9.65 Å². The van der Waals surface area contributed by atoms with Crippen molar-refractivity contribution in [3.05, 3.63) is 83.7 Å². The zero-order chi connectivity index (χ0) is 18.1. The van der Waals surface area contributed by atoms with Crippen LogP contribution in [-0.2, 0) is 0 Å². The number of nitriles is 1. The Bertz CT molecular complexity index is 1160. The molecule has 0 spiro atoms. The maximum absolute atomic E-state index is 13.2. The molecule has 0 saturated heterocycles. The number of hydrogen-bond acceptors (Lipinski definition) is 2. The summed E-state index contributed by atoms with van der Waals surface area (Å²) in [6.45, 7) is 2.01. The summed E-state index contributed by atoms with van der Waals surface area (Å²) in [4.78, 5) is 7.72. The Kier molecular flexibility index (Phi) is 3.86. The van der Waals surface area contributed by atoms with Crippen LogP contribution >= 0.6 is 0 Å². The van der Waals surface area contributed by atoms with Crippen LogP contribution in [0.15, 0.2) is 60.8 Å². The number of H-pyrrole nitrogens is 1. The number of halogens is 1. The van der Waals surface area contributed by atoms with Crippen LogP contribution in [-0.4, -0.2) is 14.5 Å². The lowest BCUT2D eigenvalue weighted by Crippen LogP contribution is -1.95. The maximum Gasteiger partial charge on any atom is 0.149 e. The minimum Gasteiger partial charge on any atom is -0.337 e. The first-order valence-corrected chi connectivity index (χ1v) is 8.16. The first-order chi connectivity index (χ1) is 12.6. The van der Waals surface area contributed by atoms with Crippen molar-refractivity contribution >= 4 is 22.7 Å². The molecule has 4 nitrogen and oxygen atoms in total. The van der Waals surface area contributed by atoms with E-state index in [0.717, 1.165) is 28.0 Å². The topological polar surface area (TPSA) is 57.4 Å². The molecular weight excluding hydrogens is 327 g/mol. The summed E-state index contributed by atoms with van der Waals surface area (Å²) in [6.07, 6.45) is 3.64. The molecule has 0 atom stereocenters. The van der Waals surface area contributed by atoms with Crippen molar-refractivity contribution in [1.82, 2.24) is 14.5 Å². The predicted molar refractivity (Wildman–Crippen MR) is 100 cm³/mol. The van der Waals surface area contributed by atoms with Gasteiger partial charge in [-0.25, -0.2) is 9.37 Å². The molecule has 2 aromatic carbocycles. The number of aromatic amines is 1. The van der Waals surface area contributed by atoms with Gasteiger partial charge in [-0.05, 0) is 67.1 Å². The van der Waals surface area contributed by atoms with Gasteiger partial charge in [-0.1, -0.05) is 6.07 Å². The highest BCUT2D eigenvalue weighted by molar-refractivity contribution is 5.90. The monoisotopic (exact) mass is 342 g/mol. The van der Waals surface area contributed by atoms with Crippen molar-refractivity contribution in [2.45, 2.75) is 6.92 Å². The van der Waals surface area contributed by atoms with Crippen molar-refractivity contribution in [2.24, 2.45) is 0 Å². The van der Waals surface area contributed by atoms with Gasteiger partial charge in [-0.2, -0.15) is 5.26 Å². The van der Waals surface area contributed by atoms with E-state index in [1.807, 2.05) is 48.0 Å². The Morgan fingerprint density at radius 2 is 2.00 bits per heavy atom. The quantitative estimate of drug-likeness (QED) is 0.540. The molecule has 4 rings (SSSR count). The molecule has 0 amide bonds.